The van der Waals surface area contributed by atoms with Crippen LogP contribution in [0.25, 0.3) is 10.2 Å². The summed E-state index contributed by atoms with van der Waals surface area (Å²) in [5, 5.41) is 8.64. The number of carbonyl (C=O) groups is 1. The maximum absolute atomic E-state index is 13.2. The van der Waals surface area contributed by atoms with E-state index in [9.17, 15) is 9.18 Å². The molecule has 1 fully saturated rings. The van der Waals surface area contributed by atoms with E-state index in [2.05, 4.69) is 29.2 Å². The summed E-state index contributed by atoms with van der Waals surface area (Å²) in [5.74, 6) is -0.295. The highest BCUT2D eigenvalue weighted by atomic mass is 32.1. The van der Waals surface area contributed by atoms with Crippen molar-refractivity contribution >= 4 is 27.5 Å². The fourth-order valence-corrected chi connectivity index (χ4v) is 5.23. The fourth-order valence-electron chi connectivity index (χ4n) is 4.15. The lowest BCUT2D eigenvalue weighted by Gasteiger charge is -2.35. The predicted octanol–water partition coefficient (Wildman–Crippen LogP) is 3.82. The minimum absolute atomic E-state index is 0.0438. The lowest BCUT2D eigenvalue weighted by atomic mass is 10.2. The van der Waals surface area contributed by atoms with Crippen LogP contribution >= 0.6 is 11.3 Å². The molecule has 31 heavy (non-hydrogen) atoms. The normalized spacial score (nSPS) is 19.7. The number of hydrogen-bond acceptors (Lipinski definition) is 5. The first-order chi connectivity index (χ1) is 14.9. The Balaban J connectivity index is 1.34. The average molecular weight is 445 g/mol. The Morgan fingerprint density at radius 3 is 2.68 bits per heavy atom. The molecular weight excluding hydrogens is 415 g/mol. The third-order valence-corrected chi connectivity index (χ3v) is 6.66. The number of aromatic nitrogens is 2. The molecule has 1 N–H and O–H groups in total. The highest BCUT2D eigenvalue weighted by molar-refractivity contribution is 7.20. The van der Waals surface area contributed by atoms with Crippen LogP contribution < -0.4 is 5.32 Å². The van der Waals surface area contributed by atoms with Gasteiger partial charge in [0.1, 0.15) is 10.6 Å². The van der Waals surface area contributed by atoms with Crippen LogP contribution in [0.4, 0.5) is 4.39 Å². The summed E-state index contributed by atoms with van der Waals surface area (Å²) < 4.78 is 20.8. The molecule has 0 saturated carbocycles. The molecule has 4 rings (SSSR count). The summed E-state index contributed by atoms with van der Waals surface area (Å²) in [4.78, 5) is 16.7. The van der Waals surface area contributed by atoms with Crippen LogP contribution in [0.1, 0.15) is 41.2 Å². The van der Waals surface area contributed by atoms with E-state index in [1.807, 2.05) is 17.7 Å². The van der Waals surface area contributed by atoms with E-state index >= 15 is 0 Å². The molecule has 6 nitrogen and oxygen atoms in total. The Bertz CT molecular complexity index is 1040. The first-order valence-corrected chi connectivity index (χ1v) is 11.6. The van der Waals surface area contributed by atoms with Gasteiger partial charge in [-0.05, 0) is 51.0 Å². The van der Waals surface area contributed by atoms with E-state index in [1.165, 1.54) is 23.5 Å². The number of benzene rings is 1. The maximum atomic E-state index is 13.2. The maximum Gasteiger partial charge on any atom is 0.261 e. The molecule has 0 radical (unpaired) electrons. The highest BCUT2D eigenvalue weighted by Crippen LogP contribution is 2.29. The number of hydrogen-bond donors (Lipinski definition) is 1. The molecule has 2 atom stereocenters. The van der Waals surface area contributed by atoms with Crippen LogP contribution in [0, 0.1) is 12.7 Å². The van der Waals surface area contributed by atoms with E-state index < -0.39 is 0 Å². The zero-order valence-electron chi connectivity index (χ0n) is 18.2. The van der Waals surface area contributed by atoms with Crippen molar-refractivity contribution in [3.63, 3.8) is 0 Å². The molecule has 8 heteroatoms. The molecule has 0 bridgehead atoms. The first-order valence-electron chi connectivity index (χ1n) is 10.8. The van der Waals surface area contributed by atoms with Crippen molar-refractivity contribution in [1.29, 1.82) is 0 Å². The van der Waals surface area contributed by atoms with Crippen molar-refractivity contribution in [3.8, 4) is 0 Å². The van der Waals surface area contributed by atoms with Crippen LogP contribution in [0.3, 0.4) is 0 Å². The number of carbonyl (C=O) groups excluding carboxylic acids is 1. The molecule has 1 aliphatic rings. The zero-order chi connectivity index (χ0) is 22.0. The van der Waals surface area contributed by atoms with Crippen molar-refractivity contribution in [2.45, 2.75) is 45.9 Å². The van der Waals surface area contributed by atoms with Gasteiger partial charge in [0.05, 0.1) is 29.3 Å². The van der Waals surface area contributed by atoms with Crippen LogP contribution in [0.5, 0.6) is 0 Å². The van der Waals surface area contributed by atoms with Crippen LogP contribution in [-0.4, -0.2) is 59.0 Å². The molecular formula is C23H29FN4O2S. The van der Waals surface area contributed by atoms with E-state index in [4.69, 9.17) is 4.74 Å². The summed E-state index contributed by atoms with van der Waals surface area (Å²) in [5.41, 5.74) is 1.86. The van der Waals surface area contributed by atoms with Crippen LogP contribution in [-0.2, 0) is 11.3 Å². The number of thiophene rings is 1. The third kappa shape index (κ3) is 5.31. The predicted molar refractivity (Wildman–Crippen MR) is 121 cm³/mol. The second-order valence-corrected chi connectivity index (χ2v) is 9.36. The number of halogens is 1. The van der Waals surface area contributed by atoms with Crippen LogP contribution in [0.15, 0.2) is 30.3 Å². The molecule has 1 saturated heterocycles. The molecule has 166 valence electrons. The monoisotopic (exact) mass is 444 g/mol. The molecule has 2 aromatic heterocycles. The van der Waals surface area contributed by atoms with Gasteiger partial charge in [0.2, 0.25) is 0 Å². The van der Waals surface area contributed by atoms with Crippen molar-refractivity contribution in [2.24, 2.45) is 0 Å². The molecule has 1 aliphatic heterocycles. The second-order valence-electron chi connectivity index (χ2n) is 8.33. The Morgan fingerprint density at radius 2 is 1.97 bits per heavy atom. The SMILES string of the molecule is Cc1nn(Cc2ccc(F)cc2)c2sc(C(=O)NCCCN3C[C@H](C)O[C@@H](C)C3)cc12. The molecule has 1 aromatic carbocycles. The van der Waals surface area contributed by atoms with Gasteiger partial charge in [-0.15, -0.1) is 11.3 Å². The van der Waals surface area contributed by atoms with Gasteiger partial charge in [-0.3, -0.25) is 14.4 Å². The van der Waals surface area contributed by atoms with Gasteiger partial charge in [0.15, 0.2) is 0 Å². The van der Waals surface area contributed by atoms with Crippen molar-refractivity contribution < 1.29 is 13.9 Å². The second kappa shape index (κ2) is 9.46. The minimum Gasteiger partial charge on any atom is -0.373 e. The van der Waals surface area contributed by atoms with E-state index in [0.29, 0.717) is 18.0 Å². The topological polar surface area (TPSA) is 59.4 Å². The summed E-state index contributed by atoms with van der Waals surface area (Å²) in [6.45, 7) is 10.2. The van der Waals surface area contributed by atoms with Gasteiger partial charge < -0.3 is 10.1 Å². The number of amides is 1. The summed E-state index contributed by atoms with van der Waals surface area (Å²) in [6.07, 6.45) is 1.43. The molecule has 0 spiro atoms. The number of morpholine rings is 1. The van der Waals surface area contributed by atoms with Gasteiger partial charge in [0, 0.05) is 31.6 Å². The quantitative estimate of drug-likeness (QED) is 0.563. The fraction of sp³-hybridized carbons (Fsp3) is 0.478. The molecule has 1 amide bonds. The van der Waals surface area contributed by atoms with E-state index in [1.54, 1.807) is 12.1 Å². The van der Waals surface area contributed by atoms with Crippen molar-refractivity contribution in [2.75, 3.05) is 26.2 Å². The number of nitrogens with one attached hydrogen (secondary N) is 1. The number of ether oxygens (including phenoxy) is 1. The molecule has 0 unspecified atom stereocenters. The van der Waals surface area contributed by atoms with Gasteiger partial charge in [0.25, 0.3) is 5.91 Å². The summed E-state index contributed by atoms with van der Waals surface area (Å²) in [7, 11) is 0. The van der Waals surface area contributed by atoms with Crippen molar-refractivity contribution in [3.05, 3.63) is 52.3 Å². The molecule has 3 heterocycles. The minimum atomic E-state index is -0.252. The Morgan fingerprint density at radius 1 is 1.26 bits per heavy atom. The number of fused-ring (bicyclic) bond motifs is 1. The van der Waals surface area contributed by atoms with Crippen molar-refractivity contribution in [1.82, 2.24) is 20.0 Å². The van der Waals surface area contributed by atoms with E-state index in [0.717, 1.165) is 47.5 Å². The Hall–Kier alpha value is -2.29. The standard InChI is InChI=1S/C23H29FN4O2S/c1-15-12-27(13-16(2)30-15)10-4-9-25-22(29)21-11-20-17(3)26-28(23(20)31-21)14-18-5-7-19(24)8-6-18/h5-8,11,15-16H,4,9-10,12-14H2,1-3H3,(H,25,29)/t15-,16-/m0/s1. The Kier molecular flexibility index (Phi) is 6.69. The number of nitrogens with zero attached hydrogens (tertiary/aromatic N) is 3. The van der Waals surface area contributed by atoms with Gasteiger partial charge in [-0.1, -0.05) is 12.1 Å². The van der Waals surface area contributed by atoms with E-state index in [-0.39, 0.29) is 23.9 Å². The van der Waals surface area contributed by atoms with Gasteiger partial charge in [-0.25, -0.2) is 4.39 Å². The number of aryl methyl sites for hydroxylation is 1. The van der Waals surface area contributed by atoms with Crippen LogP contribution in [0.2, 0.25) is 0 Å². The molecule has 3 aromatic rings. The lowest BCUT2D eigenvalue weighted by molar-refractivity contribution is -0.0679. The lowest BCUT2D eigenvalue weighted by Crippen LogP contribution is -2.46. The first kappa shape index (κ1) is 21.9. The zero-order valence-corrected chi connectivity index (χ0v) is 19.0. The van der Waals surface area contributed by atoms with Gasteiger partial charge in [-0.2, -0.15) is 5.10 Å². The molecule has 0 aliphatic carbocycles. The largest absolute Gasteiger partial charge is 0.373 e. The smallest absolute Gasteiger partial charge is 0.261 e. The summed E-state index contributed by atoms with van der Waals surface area (Å²) >= 11 is 1.45. The van der Waals surface area contributed by atoms with Gasteiger partial charge >= 0.3 is 0 Å². The summed E-state index contributed by atoms with van der Waals surface area (Å²) in [6, 6.07) is 8.34. The highest BCUT2D eigenvalue weighted by Gasteiger charge is 2.21. The third-order valence-electron chi connectivity index (χ3n) is 5.51. The number of rotatable bonds is 7. The Labute approximate surface area is 186 Å². The average Bonchev–Trinajstić information content (AvgIpc) is 3.28.